The van der Waals surface area contributed by atoms with Crippen LogP contribution in [0, 0.1) is 13.8 Å². The quantitative estimate of drug-likeness (QED) is 0.395. The van der Waals surface area contributed by atoms with Crippen molar-refractivity contribution < 1.29 is 14.3 Å². The Morgan fingerprint density at radius 1 is 1.11 bits per heavy atom. The second-order valence-corrected chi connectivity index (χ2v) is 10.7. The van der Waals surface area contributed by atoms with E-state index in [1.165, 1.54) is 0 Å². The number of rotatable bonds is 3. The summed E-state index contributed by atoms with van der Waals surface area (Å²) in [6, 6.07) is 7.80. The molecule has 4 heterocycles. The number of aromatic nitrogens is 4. The molecule has 4 aromatic rings. The lowest BCUT2D eigenvalue weighted by Crippen LogP contribution is -2.43. The number of aryl methyl sites for hydroxylation is 2. The molecule has 3 aromatic heterocycles. The molecule has 0 atom stereocenters. The third kappa shape index (κ3) is 4.77. The van der Waals surface area contributed by atoms with Crippen LogP contribution in [0.2, 0.25) is 0 Å². The second kappa shape index (κ2) is 9.21. The zero-order valence-corrected chi connectivity index (χ0v) is 22.2. The molecular weight excluding hydrogens is 470 g/mol. The van der Waals surface area contributed by atoms with E-state index in [1.54, 1.807) is 21.1 Å². The van der Waals surface area contributed by atoms with Gasteiger partial charge in [-0.05, 0) is 82.7 Å². The number of benzene rings is 1. The first-order valence-electron chi connectivity index (χ1n) is 12.6. The average Bonchev–Trinajstić information content (AvgIpc) is 3.23. The maximum atomic E-state index is 13.6. The van der Waals surface area contributed by atoms with E-state index >= 15 is 0 Å². The Balaban J connectivity index is 1.46. The third-order valence-electron chi connectivity index (χ3n) is 6.75. The predicted octanol–water partition coefficient (Wildman–Crippen LogP) is 4.91. The monoisotopic (exact) mass is 503 g/mol. The van der Waals surface area contributed by atoms with Crippen molar-refractivity contribution in [3.05, 3.63) is 58.3 Å². The first kappa shape index (κ1) is 24.8. The van der Waals surface area contributed by atoms with Gasteiger partial charge >= 0.3 is 6.09 Å². The summed E-state index contributed by atoms with van der Waals surface area (Å²) < 4.78 is 14.8. The molecule has 9 heteroatoms. The smallest absolute Gasteiger partial charge is 0.410 e. The third-order valence-corrected chi connectivity index (χ3v) is 6.75. The number of carbonyl (C=O) groups excluding carboxylic acids is 1. The number of fused-ring (bicyclic) bond motifs is 2. The molecule has 0 saturated carbocycles. The summed E-state index contributed by atoms with van der Waals surface area (Å²) in [5.74, 6) is 0.513. The summed E-state index contributed by atoms with van der Waals surface area (Å²) >= 11 is 0. The summed E-state index contributed by atoms with van der Waals surface area (Å²) in [5, 5.41) is 6.07. The highest BCUT2D eigenvalue weighted by atomic mass is 16.6. The molecule has 1 aliphatic heterocycles. The molecule has 194 valence electrons. The largest absolute Gasteiger partial charge is 0.496 e. The van der Waals surface area contributed by atoms with Crippen LogP contribution in [0.4, 0.5) is 4.79 Å². The van der Waals surface area contributed by atoms with E-state index in [-0.39, 0.29) is 17.7 Å². The molecule has 0 radical (unpaired) electrons. The van der Waals surface area contributed by atoms with E-state index in [0.717, 1.165) is 33.5 Å². The topological polar surface area (TPSA) is 91.0 Å². The van der Waals surface area contributed by atoms with Gasteiger partial charge in [0.15, 0.2) is 5.65 Å². The molecule has 0 aliphatic carbocycles. The molecule has 1 aliphatic rings. The lowest BCUT2D eigenvalue weighted by Gasteiger charge is -2.34. The molecule has 9 nitrogen and oxygen atoms in total. The minimum Gasteiger partial charge on any atom is -0.496 e. The molecular formula is C28H33N5O4. The van der Waals surface area contributed by atoms with E-state index in [9.17, 15) is 9.59 Å². The maximum Gasteiger partial charge on any atom is 0.410 e. The number of pyridine rings is 1. The van der Waals surface area contributed by atoms with Crippen molar-refractivity contribution in [2.24, 2.45) is 0 Å². The van der Waals surface area contributed by atoms with E-state index < -0.39 is 5.60 Å². The van der Waals surface area contributed by atoms with Gasteiger partial charge in [0.25, 0.3) is 5.56 Å². The molecule has 37 heavy (non-hydrogen) atoms. The zero-order chi connectivity index (χ0) is 26.5. The highest BCUT2D eigenvalue weighted by molar-refractivity contribution is 5.91. The molecule has 0 spiro atoms. The van der Waals surface area contributed by atoms with Crippen molar-refractivity contribution >= 4 is 22.5 Å². The number of hydrogen-bond donors (Lipinski definition) is 0. The van der Waals surface area contributed by atoms with Gasteiger partial charge in [0.1, 0.15) is 11.4 Å². The number of imidazole rings is 1. The van der Waals surface area contributed by atoms with Crippen molar-refractivity contribution in [2.75, 3.05) is 20.2 Å². The Bertz CT molecular complexity index is 1560. The van der Waals surface area contributed by atoms with Crippen molar-refractivity contribution in [1.29, 1.82) is 0 Å². The fourth-order valence-corrected chi connectivity index (χ4v) is 4.99. The van der Waals surface area contributed by atoms with Gasteiger partial charge in [0.2, 0.25) is 0 Å². The number of amides is 1. The van der Waals surface area contributed by atoms with Crippen LogP contribution in [0.5, 0.6) is 5.75 Å². The number of hydrogen-bond acceptors (Lipinski definition) is 6. The highest BCUT2D eigenvalue weighted by Gasteiger charge is 2.28. The fraction of sp³-hybridized carbons (Fsp3) is 0.429. The van der Waals surface area contributed by atoms with Crippen LogP contribution in [0.25, 0.3) is 27.7 Å². The maximum absolute atomic E-state index is 13.6. The van der Waals surface area contributed by atoms with Crippen LogP contribution in [0.15, 0.2) is 41.5 Å². The molecule has 1 amide bonds. The number of carbonyl (C=O) groups is 1. The van der Waals surface area contributed by atoms with Crippen molar-refractivity contribution in [1.82, 2.24) is 24.1 Å². The molecule has 5 rings (SSSR count). The van der Waals surface area contributed by atoms with E-state index in [1.807, 2.05) is 71.3 Å². The first-order valence-corrected chi connectivity index (χ1v) is 12.6. The summed E-state index contributed by atoms with van der Waals surface area (Å²) in [5.41, 5.74) is 3.77. The summed E-state index contributed by atoms with van der Waals surface area (Å²) in [4.78, 5) is 32.3. The lowest BCUT2D eigenvalue weighted by atomic mass is 10.0. The highest BCUT2D eigenvalue weighted by Crippen LogP contribution is 2.32. The van der Waals surface area contributed by atoms with Gasteiger partial charge in [0, 0.05) is 30.9 Å². The predicted molar refractivity (Wildman–Crippen MR) is 142 cm³/mol. The number of piperidine rings is 1. The van der Waals surface area contributed by atoms with Gasteiger partial charge in [0.05, 0.1) is 30.1 Å². The molecule has 0 N–H and O–H groups in total. The number of nitrogens with zero attached hydrogens (tertiary/aromatic N) is 5. The SMILES string of the molecule is COc1cc(-c2cc(C)c3nc(C)cn3n2)cc2ccn(C3CCN(C(=O)OC(C)(C)C)CC3)c(=O)c12. The van der Waals surface area contributed by atoms with Gasteiger partial charge in [-0.25, -0.2) is 14.3 Å². The minimum absolute atomic E-state index is 0.00354. The van der Waals surface area contributed by atoms with Crippen LogP contribution < -0.4 is 10.3 Å². The second-order valence-electron chi connectivity index (χ2n) is 10.7. The van der Waals surface area contributed by atoms with Crippen molar-refractivity contribution in [3.8, 4) is 17.0 Å². The van der Waals surface area contributed by atoms with Gasteiger partial charge in [-0.3, -0.25) is 4.79 Å². The Hall–Kier alpha value is -3.88. The molecule has 1 aromatic carbocycles. The van der Waals surface area contributed by atoms with E-state index in [0.29, 0.717) is 37.1 Å². The van der Waals surface area contributed by atoms with Gasteiger partial charge in [-0.1, -0.05) is 0 Å². The van der Waals surface area contributed by atoms with Crippen LogP contribution in [0.3, 0.4) is 0 Å². The van der Waals surface area contributed by atoms with Crippen LogP contribution >= 0.6 is 0 Å². The Kier molecular flexibility index (Phi) is 6.17. The first-order chi connectivity index (χ1) is 17.5. The van der Waals surface area contributed by atoms with Crippen LogP contribution in [-0.2, 0) is 4.74 Å². The van der Waals surface area contributed by atoms with Crippen LogP contribution in [-0.4, -0.2) is 56.0 Å². The normalized spacial score (nSPS) is 14.9. The number of ether oxygens (including phenoxy) is 2. The molecule has 1 fully saturated rings. The molecule has 1 saturated heterocycles. The average molecular weight is 504 g/mol. The number of methoxy groups -OCH3 is 1. The molecule has 0 unspecified atom stereocenters. The van der Waals surface area contributed by atoms with Crippen molar-refractivity contribution in [2.45, 2.75) is 59.1 Å². The summed E-state index contributed by atoms with van der Waals surface area (Å²) in [6.45, 7) is 10.6. The Labute approximate surface area is 215 Å². The summed E-state index contributed by atoms with van der Waals surface area (Å²) in [6.07, 6.45) is 4.80. The zero-order valence-electron chi connectivity index (χ0n) is 22.2. The van der Waals surface area contributed by atoms with E-state index in [2.05, 4.69) is 4.98 Å². The van der Waals surface area contributed by atoms with Gasteiger partial charge < -0.3 is 18.9 Å². The van der Waals surface area contributed by atoms with Crippen LogP contribution in [0.1, 0.15) is 50.9 Å². The fourth-order valence-electron chi connectivity index (χ4n) is 4.99. The number of likely N-dealkylation sites (tertiary alicyclic amines) is 1. The molecule has 0 bridgehead atoms. The Morgan fingerprint density at radius 3 is 2.51 bits per heavy atom. The summed E-state index contributed by atoms with van der Waals surface area (Å²) in [7, 11) is 1.58. The van der Waals surface area contributed by atoms with E-state index in [4.69, 9.17) is 14.6 Å². The minimum atomic E-state index is -0.531. The van der Waals surface area contributed by atoms with Gasteiger partial charge in [-0.2, -0.15) is 5.10 Å². The van der Waals surface area contributed by atoms with Crippen molar-refractivity contribution in [3.63, 3.8) is 0 Å². The lowest BCUT2D eigenvalue weighted by molar-refractivity contribution is 0.0187. The Morgan fingerprint density at radius 2 is 1.84 bits per heavy atom. The standard InChI is InChI=1S/C28H33N5O4/c1-17-13-22(30-33-16-18(2)29-25(17)33)20-14-19-7-12-32(26(34)24(19)23(15-20)36-6)21-8-10-31(11-9-21)27(35)37-28(3,4)5/h7,12-16,21H,8-11H2,1-6H3. The van der Waals surface area contributed by atoms with Gasteiger partial charge in [-0.15, -0.1) is 0 Å².